The molecule has 1 aliphatic heterocycles. The number of hydrazine groups is 1. The summed E-state index contributed by atoms with van der Waals surface area (Å²) in [6.07, 6.45) is 3.67. The summed E-state index contributed by atoms with van der Waals surface area (Å²) in [7, 11) is 0. The molecular weight excluding hydrogens is 280 g/mol. The smallest absolute Gasteiger partial charge is 0.0749 e. The van der Waals surface area contributed by atoms with E-state index in [9.17, 15) is 0 Å². The molecule has 0 spiro atoms. The molecule has 0 amide bonds. The third-order valence-corrected chi connectivity index (χ3v) is 4.10. The van der Waals surface area contributed by atoms with Gasteiger partial charge in [0.05, 0.1) is 18.2 Å². The lowest BCUT2D eigenvalue weighted by molar-refractivity contribution is 0.0320. The van der Waals surface area contributed by atoms with Gasteiger partial charge in [0.25, 0.3) is 0 Å². The number of ether oxygens (including phenoxy) is 1. The van der Waals surface area contributed by atoms with Crippen LogP contribution in [0.15, 0.2) is 28.7 Å². The van der Waals surface area contributed by atoms with Gasteiger partial charge in [-0.15, -0.1) is 0 Å². The van der Waals surface area contributed by atoms with Crippen LogP contribution in [0.1, 0.15) is 25.3 Å². The second-order valence-corrected chi connectivity index (χ2v) is 5.49. The van der Waals surface area contributed by atoms with Gasteiger partial charge in [-0.05, 0) is 37.8 Å². The van der Waals surface area contributed by atoms with Crippen molar-refractivity contribution in [1.29, 1.82) is 0 Å². The van der Waals surface area contributed by atoms with Gasteiger partial charge in [0.15, 0.2) is 0 Å². The van der Waals surface area contributed by atoms with E-state index in [4.69, 9.17) is 10.6 Å². The summed E-state index contributed by atoms with van der Waals surface area (Å²) in [5, 5.41) is 0. The first-order chi connectivity index (χ1) is 8.20. The molecule has 2 rings (SSSR count). The van der Waals surface area contributed by atoms with Crippen LogP contribution in [-0.2, 0) is 11.2 Å². The average molecular weight is 299 g/mol. The number of rotatable bonds is 4. The van der Waals surface area contributed by atoms with Gasteiger partial charge in [-0.1, -0.05) is 34.1 Å². The van der Waals surface area contributed by atoms with Crippen LogP contribution < -0.4 is 11.3 Å². The molecule has 0 aromatic heterocycles. The summed E-state index contributed by atoms with van der Waals surface area (Å²) in [5.41, 5.74) is 4.16. The minimum atomic E-state index is 0.179. The van der Waals surface area contributed by atoms with Crippen molar-refractivity contribution in [2.24, 2.45) is 5.84 Å². The van der Waals surface area contributed by atoms with Crippen LogP contribution in [-0.4, -0.2) is 18.2 Å². The highest BCUT2D eigenvalue weighted by molar-refractivity contribution is 9.10. The zero-order valence-electron chi connectivity index (χ0n) is 10.0. The maximum atomic E-state index is 5.87. The molecule has 1 fully saturated rings. The number of hydrogen-bond donors (Lipinski definition) is 2. The van der Waals surface area contributed by atoms with E-state index in [1.54, 1.807) is 0 Å². The minimum Gasteiger partial charge on any atom is -0.374 e. The van der Waals surface area contributed by atoms with Crippen molar-refractivity contribution in [3.8, 4) is 0 Å². The van der Waals surface area contributed by atoms with Crippen LogP contribution in [0, 0.1) is 0 Å². The Hall–Kier alpha value is -0.420. The van der Waals surface area contributed by atoms with E-state index < -0.39 is 0 Å². The Morgan fingerprint density at radius 1 is 1.47 bits per heavy atom. The predicted molar refractivity (Wildman–Crippen MR) is 72.5 cm³/mol. The highest BCUT2D eigenvalue weighted by Gasteiger charge is 2.29. The highest BCUT2D eigenvalue weighted by Crippen LogP contribution is 2.25. The van der Waals surface area contributed by atoms with Gasteiger partial charge in [-0.2, -0.15) is 0 Å². The first-order valence-corrected chi connectivity index (χ1v) is 6.85. The van der Waals surface area contributed by atoms with E-state index in [-0.39, 0.29) is 12.1 Å². The van der Waals surface area contributed by atoms with E-state index >= 15 is 0 Å². The molecule has 1 aromatic carbocycles. The number of benzene rings is 1. The summed E-state index contributed by atoms with van der Waals surface area (Å²) >= 11 is 3.56. The van der Waals surface area contributed by atoms with Crippen molar-refractivity contribution in [3.63, 3.8) is 0 Å². The average Bonchev–Trinajstić information content (AvgIpc) is 2.75. The lowest BCUT2D eigenvalue weighted by atomic mass is 10.00. The molecule has 0 bridgehead atoms. The van der Waals surface area contributed by atoms with Crippen LogP contribution in [0.2, 0.25) is 0 Å². The Balaban J connectivity index is 2.03. The quantitative estimate of drug-likeness (QED) is 0.663. The predicted octanol–water partition coefficient (Wildman–Crippen LogP) is 2.39. The van der Waals surface area contributed by atoms with Crippen molar-refractivity contribution < 1.29 is 4.74 Å². The summed E-state index contributed by atoms with van der Waals surface area (Å²) in [6.45, 7) is 2.12. The van der Waals surface area contributed by atoms with Crippen molar-refractivity contribution in [2.45, 2.75) is 44.4 Å². The molecule has 0 aliphatic carbocycles. The first-order valence-electron chi connectivity index (χ1n) is 6.05. The largest absolute Gasteiger partial charge is 0.374 e. The zero-order chi connectivity index (χ0) is 12.3. The number of nitrogens with one attached hydrogen (secondary N) is 1. The zero-order valence-corrected chi connectivity index (χ0v) is 11.6. The van der Waals surface area contributed by atoms with Gasteiger partial charge in [0.2, 0.25) is 0 Å². The molecule has 3 unspecified atom stereocenters. The molecule has 3 N–H and O–H groups in total. The Morgan fingerprint density at radius 3 is 2.82 bits per heavy atom. The Kier molecular flexibility index (Phi) is 4.56. The van der Waals surface area contributed by atoms with Crippen molar-refractivity contribution in [3.05, 3.63) is 34.3 Å². The minimum absolute atomic E-state index is 0.179. The summed E-state index contributed by atoms with van der Waals surface area (Å²) in [5.74, 6) is 5.65. The molecule has 1 aromatic rings. The van der Waals surface area contributed by atoms with Gasteiger partial charge in [0.1, 0.15) is 0 Å². The molecule has 17 heavy (non-hydrogen) atoms. The van der Waals surface area contributed by atoms with Crippen LogP contribution in [0.4, 0.5) is 0 Å². The van der Waals surface area contributed by atoms with Crippen LogP contribution in [0.5, 0.6) is 0 Å². The molecule has 0 radical (unpaired) electrons. The SMILES string of the molecule is CC1CCC(C(Cc2ccccc2Br)NN)O1. The lowest BCUT2D eigenvalue weighted by Gasteiger charge is -2.23. The number of nitrogens with two attached hydrogens (primary N) is 1. The van der Waals surface area contributed by atoms with Gasteiger partial charge >= 0.3 is 0 Å². The van der Waals surface area contributed by atoms with Crippen molar-refractivity contribution in [2.75, 3.05) is 0 Å². The van der Waals surface area contributed by atoms with E-state index in [1.165, 1.54) is 5.56 Å². The molecule has 1 aliphatic rings. The normalized spacial score (nSPS) is 26.1. The molecule has 94 valence electrons. The third kappa shape index (κ3) is 3.28. The highest BCUT2D eigenvalue weighted by atomic mass is 79.9. The summed E-state index contributed by atoms with van der Waals surface area (Å²) in [4.78, 5) is 0. The summed E-state index contributed by atoms with van der Waals surface area (Å²) < 4.78 is 7.00. The van der Waals surface area contributed by atoms with Gasteiger partial charge in [0, 0.05) is 4.47 Å². The van der Waals surface area contributed by atoms with Gasteiger partial charge in [-0.25, -0.2) is 0 Å². The van der Waals surface area contributed by atoms with Crippen LogP contribution >= 0.6 is 15.9 Å². The second-order valence-electron chi connectivity index (χ2n) is 4.63. The van der Waals surface area contributed by atoms with Gasteiger partial charge < -0.3 is 4.74 Å². The van der Waals surface area contributed by atoms with Gasteiger partial charge in [-0.3, -0.25) is 11.3 Å². The maximum absolute atomic E-state index is 5.87. The maximum Gasteiger partial charge on any atom is 0.0749 e. The summed E-state index contributed by atoms with van der Waals surface area (Å²) in [6, 6.07) is 8.42. The third-order valence-electron chi connectivity index (χ3n) is 3.33. The standard InChI is InChI=1S/C13H19BrN2O/c1-9-6-7-13(17-9)12(16-15)8-10-4-2-3-5-11(10)14/h2-5,9,12-13,16H,6-8,15H2,1H3. The molecule has 3 nitrogen and oxygen atoms in total. The molecule has 1 saturated heterocycles. The van der Waals surface area contributed by atoms with Crippen molar-refractivity contribution >= 4 is 15.9 Å². The van der Waals surface area contributed by atoms with Crippen LogP contribution in [0.3, 0.4) is 0 Å². The topological polar surface area (TPSA) is 47.3 Å². The number of halogens is 1. The Bertz CT molecular complexity index is 372. The molecule has 3 atom stereocenters. The first kappa shape index (κ1) is 13.0. The molecule has 0 saturated carbocycles. The number of hydrogen-bond acceptors (Lipinski definition) is 3. The Morgan fingerprint density at radius 2 is 2.24 bits per heavy atom. The van der Waals surface area contributed by atoms with E-state index in [0.29, 0.717) is 6.10 Å². The Labute approximate surface area is 111 Å². The fourth-order valence-electron chi connectivity index (χ4n) is 2.33. The molecule has 4 heteroatoms. The van der Waals surface area contributed by atoms with E-state index in [2.05, 4.69) is 40.4 Å². The fourth-order valence-corrected chi connectivity index (χ4v) is 2.77. The van der Waals surface area contributed by atoms with Crippen molar-refractivity contribution in [1.82, 2.24) is 5.43 Å². The lowest BCUT2D eigenvalue weighted by Crippen LogP contribution is -2.45. The molecule has 1 heterocycles. The molecular formula is C13H19BrN2O. The monoisotopic (exact) mass is 298 g/mol. The fraction of sp³-hybridized carbons (Fsp3) is 0.538. The second kappa shape index (κ2) is 5.96. The van der Waals surface area contributed by atoms with E-state index in [1.807, 2.05) is 12.1 Å². The van der Waals surface area contributed by atoms with E-state index in [0.717, 1.165) is 23.7 Å². The van der Waals surface area contributed by atoms with Crippen LogP contribution in [0.25, 0.3) is 0 Å².